The van der Waals surface area contributed by atoms with Crippen molar-refractivity contribution in [1.29, 1.82) is 0 Å². The van der Waals surface area contributed by atoms with E-state index in [1.807, 2.05) is 23.5 Å². The Balaban J connectivity index is 2.28. The summed E-state index contributed by atoms with van der Waals surface area (Å²) in [5, 5.41) is 5.79. The van der Waals surface area contributed by atoms with E-state index in [-0.39, 0.29) is 0 Å². The van der Waals surface area contributed by atoms with Crippen LogP contribution in [0.3, 0.4) is 0 Å². The Bertz CT molecular complexity index is 889. The van der Waals surface area contributed by atoms with Gasteiger partial charge in [-0.3, -0.25) is 0 Å². The second-order valence-electron chi connectivity index (χ2n) is 4.41. The summed E-state index contributed by atoms with van der Waals surface area (Å²) in [6, 6.07) is 19.0. The molecule has 0 N–H and O–H groups in total. The molecule has 0 radical (unpaired) electrons. The van der Waals surface area contributed by atoms with Gasteiger partial charge >= 0.3 is 0 Å². The van der Waals surface area contributed by atoms with E-state index in [9.17, 15) is 0 Å². The average Bonchev–Trinajstić information content (AvgIpc) is 2.75. The van der Waals surface area contributed by atoms with Crippen molar-refractivity contribution in [2.75, 3.05) is 0 Å². The monoisotopic (exact) mass is 268 g/mol. The van der Waals surface area contributed by atoms with Gasteiger partial charge < -0.3 is 0 Å². The summed E-state index contributed by atoms with van der Waals surface area (Å²) in [6.45, 7) is 0. The minimum absolute atomic E-state index is 0.824. The van der Waals surface area contributed by atoms with Crippen LogP contribution in [0.5, 0.6) is 0 Å². The molecule has 1 aromatic heterocycles. The highest BCUT2D eigenvalue weighted by atomic mass is 35.5. The molecule has 0 spiro atoms. The summed E-state index contributed by atoms with van der Waals surface area (Å²) < 4.78 is 2.66. The van der Waals surface area contributed by atoms with E-state index < -0.39 is 0 Å². The van der Waals surface area contributed by atoms with Crippen LogP contribution in [0.25, 0.3) is 30.9 Å². The van der Waals surface area contributed by atoms with Crippen molar-refractivity contribution >= 4 is 53.9 Å². The van der Waals surface area contributed by atoms with Gasteiger partial charge in [-0.1, -0.05) is 41.9 Å². The van der Waals surface area contributed by atoms with Gasteiger partial charge in [0.25, 0.3) is 0 Å². The van der Waals surface area contributed by atoms with E-state index in [0.29, 0.717) is 0 Å². The summed E-state index contributed by atoms with van der Waals surface area (Å²) in [5.74, 6) is 0. The third-order valence-corrected chi connectivity index (χ3v) is 4.79. The maximum atomic E-state index is 6.28. The number of fused-ring (bicyclic) bond motifs is 4. The van der Waals surface area contributed by atoms with Gasteiger partial charge in [-0.2, -0.15) is 0 Å². The molecule has 0 aliphatic carbocycles. The largest absolute Gasteiger partial charge is 0.135 e. The highest BCUT2D eigenvalue weighted by Crippen LogP contribution is 2.37. The lowest BCUT2D eigenvalue weighted by molar-refractivity contribution is 1.81. The Hall–Kier alpha value is -1.57. The Labute approximate surface area is 113 Å². The van der Waals surface area contributed by atoms with Gasteiger partial charge in [-0.05, 0) is 29.7 Å². The van der Waals surface area contributed by atoms with Crippen LogP contribution >= 0.6 is 22.9 Å². The lowest BCUT2D eigenvalue weighted by Gasteiger charge is -2.00. The molecule has 0 bridgehead atoms. The van der Waals surface area contributed by atoms with Gasteiger partial charge in [0.1, 0.15) is 0 Å². The second kappa shape index (κ2) is 3.71. The molecule has 0 atom stereocenters. The van der Waals surface area contributed by atoms with Crippen molar-refractivity contribution in [2.24, 2.45) is 0 Å². The molecule has 0 aliphatic rings. The van der Waals surface area contributed by atoms with Crippen LogP contribution in [-0.4, -0.2) is 0 Å². The van der Waals surface area contributed by atoms with Crippen molar-refractivity contribution in [1.82, 2.24) is 0 Å². The van der Waals surface area contributed by atoms with Crippen molar-refractivity contribution < 1.29 is 0 Å². The van der Waals surface area contributed by atoms with Crippen molar-refractivity contribution in [2.45, 2.75) is 0 Å². The Kier molecular flexibility index (Phi) is 2.14. The summed E-state index contributed by atoms with van der Waals surface area (Å²) in [4.78, 5) is 0. The van der Waals surface area contributed by atoms with E-state index in [4.69, 9.17) is 11.6 Å². The van der Waals surface area contributed by atoms with Gasteiger partial charge in [0.05, 0.1) is 0 Å². The molecule has 0 aliphatic heterocycles. The van der Waals surface area contributed by atoms with Crippen LogP contribution in [0.1, 0.15) is 0 Å². The van der Waals surface area contributed by atoms with E-state index in [1.54, 1.807) is 0 Å². The Morgan fingerprint density at radius 1 is 0.722 bits per heavy atom. The minimum atomic E-state index is 0.824. The second-order valence-corrected chi connectivity index (χ2v) is 5.90. The molecular weight excluding hydrogens is 260 g/mol. The number of thiophene rings is 1. The summed E-state index contributed by atoms with van der Waals surface area (Å²) in [5.41, 5.74) is 0. The van der Waals surface area contributed by atoms with Gasteiger partial charge in [-0.25, -0.2) is 0 Å². The zero-order valence-electron chi connectivity index (χ0n) is 9.48. The molecule has 1 heterocycles. The molecule has 0 saturated carbocycles. The van der Waals surface area contributed by atoms with Crippen molar-refractivity contribution in [3.05, 3.63) is 59.6 Å². The molecular formula is C16H9ClS. The number of rotatable bonds is 0. The molecule has 0 amide bonds. The van der Waals surface area contributed by atoms with Crippen LogP contribution in [0.4, 0.5) is 0 Å². The number of benzene rings is 3. The van der Waals surface area contributed by atoms with E-state index in [0.717, 1.165) is 10.4 Å². The first-order chi connectivity index (χ1) is 8.83. The molecule has 0 saturated heterocycles. The summed E-state index contributed by atoms with van der Waals surface area (Å²) in [6.07, 6.45) is 0. The topological polar surface area (TPSA) is 0 Å². The first-order valence-corrected chi connectivity index (χ1v) is 7.02. The van der Waals surface area contributed by atoms with E-state index in [1.165, 1.54) is 25.6 Å². The normalized spacial score (nSPS) is 11.6. The molecule has 0 fully saturated rings. The maximum absolute atomic E-state index is 6.28. The Morgan fingerprint density at radius 2 is 1.61 bits per heavy atom. The predicted molar refractivity (Wildman–Crippen MR) is 81.8 cm³/mol. The molecule has 86 valence electrons. The van der Waals surface area contributed by atoms with Crippen LogP contribution in [0, 0.1) is 0 Å². The van der Waals surface area contributed by atoms with Crippen molar-refractivity contribution in [3.63, 3.8) is 0 Å². The smallest absolute Gasteiger partial charge is 0.0484 e. The molecule has 4 rings (SSSR count). The standard InChI is InChI=1S/C16H9ClS/c17-14-6-3-4-10-8-16-13(9-12(10)14)11-5-1-2-7-15(11)18-16/h1-9H. The number of hydrogen-bond acceptors (Lipinski definition) is 1. The van der Waals surface area contributed by atoms with Gasteiger partial charge in [0, 0.05) is 30.6 Å². The molecule has 18 heavy (non-hydrogen) atoms. The highest BCUT2D eigenvalue weighted by molar-refractivity contribution is 7.25. The lowest BCUT2D eigenvalue weighted by Crippen LogP contribution is -1.74. The molecule has 2 heteroatoms. The molecule has 4 aromatic rings. The fourth-order valence-corrected chi connectivity index (χ4v) is 3.83. The summed E-state index contributed by atoms with van der Waals surface area (Å²) in [7, 11) is 0. The quantitative estimate of drug-likeness (QED) is 0.375. The van der Waals surface area contributed by atoms with Crippen LogP contribution in [0.15, 0.2) is 54.6 Å². The van der Waals surface area contributed by atoms with Gasteiger partial charge in [-0.15, -0.1) is 11.3 Å². The zero-order chi connectivity index (χ0) is 12.1. The average molecular weight is 269 g/mol. The summed E-state index contributed by atoms with van der Waals surface area (Å²) >= 11 is 8.12. The third kappa shape index (κ3) is 1.38. The predicted octanol–water partition coefficient (Wildman–Crippen LogP) is 5.86. The maximum Gasteiger partial charge on any atom is 0.0484 e. The minimum Gasteiger partial charge on any atom is -0.135 e. The highest BCUT2D eigenvalue weighted by Gasteiger charge is 2.07. The zero-order valence-corrected chi connectivity index (χ0v) is 11.1. The molecule has 0 nitrogen and oxygen atoms in total. The Morgan fingerprint density at radius 3 is 2.56 bits per heavy atom. The number of halogens is 1. The SMILES string of the molecule is Clc1cccc2cc3sc4ccccc4c3cc12. The van der Waals surface area contributed by atoms with E-state index in [2.05, 4.69) is 42.5 Å². The van der Waals surface area contributed by atoms with Gasteiger partial charge in [0.2, 0.25) is 0 Å². The number of hydrogen-bond donors (Lipinski definition) is 0. The molecule has 3 aromatic carbocycles. The van der Waals surface area contributed by atoms with Crippen LogP contribution < -0.4 is 0 Å². The van der Waals surface area contributed by atoms with Crippen LogP contribution in [-0.2, 0) is 0 Å². The fraction of sp³-hybridized carbons (Fsp3) is 0. The lowest BCUT2D eigenvalue weighted by atomic mass is 10.1. The molecule has 0 unspecified atom stereocenters. The van der Waals surface area contributed by atoms with Crippen LogP contribution in [0.2, 0.25) is 5.02 Å². The van der Waals surface area contributed by atoms with Crippen molar-refractivity contribution in [3.8, 4) is 0 Å². The van der Waals surface area contributed by atoms with Gasteiger partial charge in [0.15, 0.2) is 0 Å². The van der Waals surface area contributed by atoms with E-state index >= 15 is 0 Å². The third-order valence-electron chi connectivity index (χ3n) is 3.32. The first kappa shape index (κ1) is 10.4. The fourth-order valence-electron chi connectivity index (χ4n) is 2.46. The first-order valence-electron chi connectivity index (χ1n) is 5.82.